The number of sulfonamides is 1. The molecule has 0 bridgehead atoms. The lowest BCUT2D eigenvalue weighted by atomic mass is 10.1. The maximum absolute atomic E-state index is 13.4. The molecule has 0 unspecified atom stereocenters. The molecule has 7 nitrogen and oxygen atoms in total. The van der Waals surface area contributed by atoms with E-state index in [1.54, 1.807) is 48.5 Å². The number of benzene rings is 3. The molecule has 4 rings (SSSR count). The number of carbonyl (C=O) groups is 1. The predicted octanol–water partition coefficient (Wildman–Crippen LogP) is 3.91. The van der Waals surface area contributed by atoms with Gasteiger partial charge in [0, 0.05) is 11.8 Å². The summed E-state index contributed by atoms with van der Waals surface area (Å²) in [5.74, 6) is 0.676. The second kappa shape index (κ2) is 8.92. The maximum atomic E-state index is 13.4. The molecule has 1 N–H and O–H groups in total. The van der Waals surface area contributed by atoms with Crippen molar-refractivity contribution in [1.82, 2.24) is 0 Å². The van der Waals surface area contributed by atoms with E-state index in [-0.39, 0.29) is 11.4 Å². The Kier molecular flexibility index (Phi) is 6.05. The van der Waals surface area contributed by atoms with Crippen LogP contribution in [0.15, 0.2) is 71.6 Å². The summed E-state index contributed by atoms with van der Waals surface area (Å²) in [5, 5.41) is 2.76. The first-order chi connectivity index (χ1) is 15.3. The molecule has 0 radical (unpaired) electrons. The molecular formula is C24H24N2O5S. The normalized spacial score (nSPS) is 12.8. The molecule has 0 aliphatic carbocycles. The Labute approximate surface area is 187 Å². The molecular weight excluding hydrogens is 428 g/mol. The summed E-state index contributed by atoms with van der Waals surface area (Å²) in [6.45, 7) is 4.30. The third-order valence-corrected chi connectivity index (χ3v) is 6.73. The molecule has 1 amide bonds. The van der Waals surface area contributed by atoms with E-state index in [0.29, 0.717) is 36.1 Å². The number of aryl methyl sites for hydroxylation is 2. The van der Waals surface area contributed by atoms with Crippen LogP contribution in [0.1, 0.15) is 11.1 Å². The molecule has 1 heterocycles. The highest BCUT2D eigenvalue weighted by atomic mass is 32.2. The molecule has 1 aliphatic rings. The van der Waals surface area contributed by atoms with Gasteiger partial charge in [0.2, 0.25) is 5.91 Å². The number of nitrogens with zero attached hydrogens (tertiary/aromatic N) is 1. The van der Waals surface area contributed by atoms with Gasteiger partial charge in [-0.25, -0.2) is 8.42 Å². The first kappa shape index (κ1) is 21.7. The van der Waals surface area contributed by atoms with Gasteiger partial charge in [-0.05, 0) is 61.4 Å². The van der Waals surface area contributed by atoms with Crippen molar-refractivity contribution in [3.8, 4) is 11.5 Å². The Morgan fingerprint density at radius 3 is 2.25 bits per heavy atom. The van der Waals surface area contributed by atoms with Crippen molar-refractivity contribution in [2.24, 2.45) is 0 Å². The summed E-state index contributed by atoms with van der Waals surface area (Å²) in [4.78, 5) is 13.0. The molecule has 8 heteroatoms. The summed E-state index contributed by atoms with van der Waals surface area (Å²) < 4.78 is 39.1. The zero-order valence-corrected chi connectivity index (χ0v) is 18.7. The fraction of sp³-hybridized carbons (Fsp3) is 0.208. The van der Waals surface area contributed by atoms with Gasteiger partial charge in [0.05, 0.1) is 10.6 Å². The van der Waals surface area contributed by atoms with Gasteiger partial charge in [0.1, 0.15) is 19.8 Å². The minimum absolute atomic E-state index is 0.117. The fourth-order valence-corrected chi connectivity index (χ4v) is 5.01. The van der Waals surface area contributed by atoms with Crippen LogP contribution in [0.25, 0.3) is 0 Å². The first-order valence-corrected chi connectivity index (χ1v) is 11.6. The number of hydrogen-bond acceptors (Lipinski definition) is 5. The van der Waals surface area contributed by atoms with Crippen molar-refractivity contribution in [3.63, 3.8) is 0 Å². The largest absolute Gasteiger partial charge is 0.486 e. The van der Waals surface area contributed by atoms with Crippen molar-refractivity contribution >= 4 is 27.3 Å². The number of rotatable bonds is 6. The van der Waals surface area contributed by atoms with Gasteiger partial charge >= 0.3 is 0 Å². The van der Waals surface area contributed by atoms with Gasteiger partial charge in [0.15, 0.2) is 11.5 Å². The Morgan fingerprint density at radius 2 is 1.56 bits per heavy atom. The van der Waals surface area contributed by atoms with Crippen molar-refractivity contribution in [2.75, 3.05) is 29.4 Å². The lowest BCUT2D eigenvalue weighted by Gasteiger charge is -2.25. The van der Waals surface area contributed by atoms with Gasteiger partial charge in [-0.3, -0.25) is 9.10 Å². The zero-order valence-electron chi connectivity index (χ0n) is 17.9. The summed E-state index contributed by atoms with van der Waals surface area (Å²) in [6, 6.07) is 18.6. The number of carbonyl (C=O) groups excluding carboxylic acids is 1. The van der Waals surface area contributed by atoms with Crippen LogP contribution in [0.2, 0.25) is 0 Å². The highest BCUT2D eigenvalue weighted by Gasteiger charge is 2.27. The Morgan fingerprint density at radius 1 is 0.906 bits per heavy atom. The van der Waals surface area contributed by atoms with Crippen LogP contribution in [-0.2, 0) is 14.8 Å². The van der Waals surface area contributed by atoms with Crippen molar-refractivity contribution < 1.29 is 22.7 Å². The smallest absolute Gasteiger partial charge is 0.264 e. The highest BCUT2D eigenvalue weighted by Crippen LogP contribution is 2.33. The van der Waals surface area contributed by atoms with Crippen LogP contribution in [-0.4, -0.2) is 34.1 Å². The number of fused-ring (bicyclic) bond motifs is 1. The first-order valence-electron chi connectivity index (χ1n) is 10.2. The third-order valence-electron chi connectivity index (χ3n) is 4.94. The second-order valence-corrected chi connectivity index (χ2v) is 9.44. The van der Waals surface area contributed by atoms with Crippen molar-refractivity contribution in [1.29, 1.82) is 0 Å². The van der Waals surface area contributed by atoms with Gasteiger partial charge in [-0.2, -0.15) is 0 Å². The number of hydrogen-bond donors (Lipinski definition) is 1. The minimum atomic E-state index is -3.96. The molecule has 0 spiro atoms. The molecule has 166 valence electrons. The standard InChI is InChI=1S/C24H24N2O5S/c1-17-12-18(2)14-20(13-17)26(32(28,29)21-6-4-3-5-7-21)16-24(27)25-19-8-9-22-23(15-19)31-11-10-30-22/h3-9,12-15H,10-11,16H2,1-2H3,(H,25,27). The van der Waals surface area contributed by atoms with E-state index in [9.17, 15) is 13.2 Å². The molecule has 0 aromatic heterocycles. The zero-order chi connectivity index (χ0) is 22.7. The minimum Gasteiger partial charge on any atom is -0.486 e. The average Bonchev–Trinajstić information content (AvgIpc) is 2.77. The summed E-state index contributed by atoms with van der Waals surface area (Å²) >= 11 is 0. The molecule has 0 saturated carbocycles. The van der Waals surface area contributed by atoms with E-state index in [4.69, 9.17) is 9.47 Å². The quantitative estimate of drug-likeness (QED) is 0.613. The molecule has 0 saturated heterocycles. The topological polar surface area (TPSA) is 84.9 Å². The lowest BCUT2D eigenvalue weighted by molar-refractivity contribution is -0.114. The Bertz CT molecular complexity index is 1220. The van der Waals surface area contributed by atoms with Gasteiger partial charge in [-0.1, -0.05) is 24.3 Å². The number of ether oxygens (including phenoxy) is 2. The predicted molar refractivity (Wildman–Crippen MR) is 123 cm³/mol. The van der Waals surface area contributed by atoms with Gasteiger partial charge in [0.25, 0.3) is 10.0 Å². The van der Waals surface area contributed by atoms with Crippen molar-refractivity contribution in [3.05, 3.63) is 77.9 Å². The van der Waals surface area contributed by atoms with E-state index >= 15 is 0 Å². The number of amides is 1. The second-order valence-electron chi connectivity index (χ2n) is 7.58. The van der Waals surface area contributed by atoms with Gasteiger partial charge in [-0.15, -0.1) is 0 Å². The molecule has 1 aliphatic heterocycles. The SMILES string of the molecule is Cc1cc(C)cc(N(CC(=O)Nc2ccc3c(c2)OCCO3)S(=O)(=O)c2ccccc2)c1. The van der Waals surface area contributed by atoms with Crippen LogP contribution >= 0.6 is 0 Å². The van der Waals surface area contributed by atoms with Crippen LogP contribution < -0.4 is 19.1 Å². The van der Waals surface area contributed by atoms with E-state index in [1.165, 1.54) is 12.1 Å². The summed E-state index contributed by atoms with van der Waals surface area (Å²) in [6.07, 6.45) is 0. The monoisotopic (exact) mass is 452 g/mol. The average molecular weight is 453 g/mol. The number of nitrogens with one attached hydrogen (secondary N) is 1. The molecule has 0 atom stereocenters. The van der Waals surface area contributed by atoms with E-state index in [1.807, 2.05) is 19.9 Å². The van der Waals surface area contributed by atoms with Crippen LogP contribution in [0.4, 0.5) is 11.4 Å². The molecule has 0 fully saturated rings. The Balaban J connectivity index is 1.64. The maximum Gasteiger partial charge on any atom is 0.264 e. The van der Waals surface area contributed by atoms with Crippen molar-refractivity contribution in [2.45, 2.75) is 18.7 Å². The molecule has 32 heavy (non-hydrogen) atoms. The molecule has 3 aromatic carbocycles. The van der Waals surface area contributed by atoms with Crippen LogP contribution in [0, 0.1) is 13.8 Å². The van der Waals surface area contributed by atoms with Gasteiger partial charge < -0.3 is 14.8 Å². The molecule has 3 aromatic rings. The van der Waals surface area contributed by atoms with Crippen LogP contribution in [0.5, 0.6) is 11.5 Å². The van der Waals surface area contributed by atoms with Crippen LogP contribution in [0.3, 0.4) is 0 Å². The fourth-order valence-electron chi connectivity index (χ4n) is 3.58. The van der Waals surface area contributed by atoms with E-state index in [0.717, 1.165) is 15.4 Å². The van der Waals surface area contributed by atoms with E-state index in [2.05, 4.69) is 5.32 Å². The summed E-state index contributed by atoms with van der Waals surface area (Å²) in [5.41, 5.74) is 2.74. The third kappa shape index (κ3) is 4.70. The highest BCUT2D eigenvalue weighted by molar-refractivity contribution is 7.92. The Hall–Kier alpha value is -3.52. The van der Waals surface area contributed by atoms with E-state index < -0.39 is 15.9 Å². The lowest BCUT2D eigenvalue weighted by Crippen LogP contribution is -2.38. The number of anilines is 2. The summed E-state index contributed by atoms with van der Waals surface area (Å²) in [7, 11) is -3.96.